The van der Waals surface area contributed by atoms with Crippen molar-refractivity contribution in [3.8, 4) is 0 Å². The normalized spacial score (nSPS) is 13.3. The lowest BCUT2D eigenvalue weighted by Crippen LogP contribution is -2.03. The van der Waals surface area contributed by atoms with Crippen LogP contribution in [0.25, 0.3) is 10.9 Å². The van der Waals surface area contributed by atoms with Gasteiger partial charge in [-0.1, -0.05) is 33.4 Å². The molecule has 0 amide bonds. The molecular formula is C21H30N2O4S2. The molecule has 0 aliphatic carbocycles. The van der Waals surface area contributed by atoms with Gasteiger partial charge >= 0.3 is 0 Å². The summed E-state index contributed by atoms with van der Waals surface area (Å²) in [4.78, 5) is 3.80. The SMILES string of the molecule is C.CCS(=O)(=O)c1ccc2c(c1)NCC2.CCS(=O)(=O)c1ccc2cc[nH]c2c1.[2H][2H]. The van der Waals surface area contributed by atoms with Crippen LogP contribution >= 0.6 is 0 Å². The molecule has 0 saturated carbocycles. The van der Waals surface area contributed by atoms with E-state index in [9.17, 15) is 16.8 Å². The Bertz CT molecular complexity index is 1210. The van der Waals surface area contributed by atoms with Crippen molar-refractivity contribution < 1.29 is 19.8 Å². The quantitative estimate of drug-likeness (QED) is 0.631. The minimum atomic E-state index is -3.09. The summed E-state index contributed by atoms with van der Waals surface area (Å²) in [6.07, 6.45) is 2.79. The fourth-order valence-electron chi connectivity index (χ4n) is 3.02. The van der Waals surface area contributed by atoms with E-state index in [1.807, 2.05) is 18.2 Å². The molecule has 29 heavy (non-hydrogen) atoms. The van der Waals surface area contributed by atoms with Gasteiger partial charge in [-0.25, -0.2) is 16.8 Å². The summed E-state index contributed by atoms with van der Waals surface area (Å²) in [6.45, 7) is 4.22. The van der Waals surface area contributed by atoms with Gasteiger partial charge in [0.25, 0.3) is 0 Å². The fourth-order valence-corrected chi connectivity index (χ4v) is 4.83. The van der Waals surface area contributed by atoms with Crippen molar-refractivity contribution in [2.45, 2.75) is 37.5 Å². The molecule has 1 aromatic heterocycles. The van der Waals surface area contributed by atoms with Gasteiger partial charge in [0.1, 0.15) is 0 Å². The smallest absolute Gasteiger partial charge is 0.178 e. The average Bonchev–Trinajstić information content (AvgIpc) is 3.43. The van der Waals surface area contributed by atoms with E-state index >= 15 is 0 Å². The Labute approximate surface area is 176 Å². The number of rotatable bonds is 4. The lowest BCUT2D eigenvalue weighted by molar-refractivity contribution is 0.595. The van der Waals surface area contributed by atoms with Gasteiger partial charge in [0, 0.05) is 26.9 Å². The van der Waals surface area contributed by atoms with Crippen LogP contribution in [-0.4, -0.2) is 39.9 Å². The van der Waals surface area contributed by atoms with Gasteiger partial charge in [0.2, 0.25) is 0 Å². The first-order valence-electron chi connectivity index (χ1n) is 10.2. The molecule has 2 N–H and O–H groups in total. The number of aromatic nitrogens is 1. The molecule has 160 valence electrons. The topological polar surface area (TPSA) is 96.1 Å². The Morgan fingerprint density at radius 3 is 2.21 bits per heavy atom. The molecule has 0 atom stereocenters. The van der Waals surface area contributed by atoms with Crippen LogP contribution in [0.2, 0.25) is 0 Å². The second-order valence-electron chi connectivity index (χ2n) is 6.53. The van der Waals surface area contributed by atoms with Crippen LogP contribution in [-0.2, 0) is 26.1 Å². The van der Waals surface area contributed by atoms with Gasteiger partial charge < -0.3 is 10.3 Å². The number of hydrogen-bond acceptors (Lipinski definition) is 5. The van der Waals surface area contributed by atoms with E-state index in [1.165, 1.54) is 5.56 Å². The molecule has 0 radical (unpaired) electrons. The van der Waals surface area contributed by atoms with E-state index < -0.39 is 19.7 Å². The van der Waals surface area contributed by atoms with E-state index in [0.29, 0.717) is 9.79 Å². The zero-order chi connectivity index (χ0) is 22.4. The van der Waals surface area contributed by atoms with Crippen molar-refractivity contribution in [2.24, 2.45) is 0 Å². The molecule has 1 aliphatic heterocycles. The molecule has 2 aromatic carbocycles. The van der Waals surface area contributed by atoms with Crippen LogP contribution in [0.5, 0.6) is 0 Å². The number of H-pyrrole nitrogens is 1. The molecular weight excluding hydrogens is 408 g/mol. The first kappa shape index (κ1) is 21.4. The molecule has 6 nitrogen and oxygen atoms in total. The van der Waals surface area contributed by atoms with Gasteiger partial charge in [0.05, 0.1) is 21.3 Å². The van der Waals surface area contributed by atoms with Crippen molar-refractivity contribution in [1.29, 1.82) is 0 Å². The van der Waals surface area contributed by atoms with Gasteiger partial charge in [-0.2, -0.15) is 0 Å². The van der Waals surface area contributed by atoms with Crippen molar-refractivity contribution in [2.75, 3.05) is 23.4 Å². The third kappa shape index (κ3) is 5.00. The minimum absolute atomic E-state index is 0. The Kier molecular flexibility index (Phi) is 6.64. The fraction of sp³-hybridized carbons (Fsp3) is 0.333. The zero-order valence-electron chi connectivity index (χ0n) is 17.9. The maximum atomic E-state index is 11.6. The van der Waals surface area contributed by atoms with Crippen LogP contribution < -0.4 is 5.32 Å². The highest BCUT2D eigenvalue weighted by Gasteiger charge is 2.16. The third-order valence-corrected chi connectivity index (χ3v) is 8.26. The molecule has 0 spiro atoms. The summed E-state index contributed by atoms with van der Waals surface area (Å²) in [5.74, 6) is 0.297. The first-order chi connectivity index (χ1) is 14.3. The molecule has 0 unspecified atom stereocenters. The Balaban J connectivity index is 0.000000279. The highest BCUT2D eigenvalue weighted by Crippen LogP contribution is 2.25. The number of sulfone groups is 2. The van der Waals surface area contributed by atoms with E-state index in [-0.39, 0.29) is 18.9 Å². The molecule has 1 aliphatic rings. The molecule has 2 heterocycles. The van der Waals surface area contributed by atoms with E-state index in [1.54, 1.807) is 44.3 Å². The standard InChI is InChI=1S/C10H13NO2S.C10H11NO2S.CH4.H2/c2*1-2-14(12,13)9-4-3-8-5-6-11-10(8)7-9;;/h3-4,7,11H,2,5-6H2,1H3;3-7,11H,2H2,1H3;1H4;1H/i;;;1+1D. The average molecular weight is 441 g/mol. The predicted molar refractivity (Wildman–Crippen MR) is 121 cm³/mol. The number of nitrogens with one attached hydrogen (secondary N) is 2. The number of fused-ring (bicyclic) bond motifs is 2. The van der Waals surface area contributed by atoms with Crippen molar-refractivity contribution >= 4 is 36.3 Å². The Morgan fingerprint density at radius 2 is 1.55 bits per heavy atom. The van der Waals surface area contributed by atoms with Gasteiger partial charge in [-0.15, -0.1) is 0 Å². The third-order valence-electron chi connectivity index (χ3n) is 4.80. The summed E-state index contributed by atoms with van der Waals surface area (Å²) >= 11 is 0. The van der Waals surface area contributed by atoms with E-state index in [4.69, 9.17) is 2.97 Å². The zero-order valence-corrected chi connectivity index (χ0v) is 17.5. The second-order valence-corrected chi connectivity index (χ2v) is 11.1. The molecule has 0 bridgehead atoms. The van der Waals surface area contributed by atoms with Gasteiger partial charge in [0.15, 0.2) is 19.7 Å². The van der Waals surface area contributed by atoms with Crippen molar-refractivity contribution in [1.82, 2.24) is 4.98 Å². The summed E-state index contributed by atoms with van der Waals surface area (Å²) in [6, 6.07) is 12.4. The van der Waals surface area contributed by atoms with E-state index in [2.05, 4.69) is 10.3 Å². The molecule has 3 aromatic rings. The van der Waals surface area contributed by atoms with Crippen molar-refractivity contribution in [3.05, 3.63) is 54.2 Å². The summed E-state index contributed by atoms with van der Waals surface area (Å²) in [7, 11) is -6.15. The van der Waals surface area contributed by atoms with Gasteiger partial charge in [-0.05, 0) is 47.7 Å². The molecule has 0 saturated heterocycles. The predicted octanol–water partition coefficient (Wildman–Crippen LogP) is 4.29. The lowest BCUT2D eigenvalue weighted by Gasteiger charge is -2.04. The molecule has 4 rings (SSSR count). The Hall–Kier alpha value is -2.32. The maximum Gasteiger partial charge on any atom is 0.178 e. The number of anilines is 1. The highest BCUT2D eigenvalue weighted by molar-refractivity contribution is 7.91. The first-order valence-corrected chi connectivity index (χ1v) is 12.5. The van der Waals surface area contributed by atoms with Crippen LogP contribution in [0.15, 0.2) is 58.5 Å². The largest absolute Gasteiger partial charge is 0.384 e. The summed E-state index contributed by atoms with van der Waals surface area (Å²) in [5.41, 5.74) is 3.04. The number of benzene rings is 2. The van der Waals surface area contributed by atoms with Crippen LogP contribution in [0.4, 0.5) is 5.69 Å². The monoisotopic (exact) mass is 440 g/mol. The lowest BCUT2D eigenvalue weighted by atomic mass is 10.2. The van der Waals surface area contributed by atoms with Crippen LogP contribution in [0, 0.1) is 0 Å². The minimum Gasteiger partial charge on any atom is -0.384 e. The van der Waals surface area contributed by atoms with E-state index in [0.717, 1.165) is 29.6 Å². The highest BCUT2D eigenvalue weighted by atomic mass is 32.2. The van der Waals surface area contributed by atoms with Crippen molar-refractivity contribution in [3.63, 3.8) is 0 Å². The Morgan fingerprint density at radius 1 is 0.931 bits per heavy atom. The summed E-state index contributed by atoms with van der Waals surface area (Å²) in [5, 5.41) is 4.20. The number of aromatic amines is 1. The maximum absolute atomic E-state index is 11.6. The summed E-state index contributed by atoms with van der Waals surface area (Å²) < 4.78 is 56.3. The second kappa shape index (κ2) is 9.00. The molecule has 0 fully saturated rings. The van der Waals surface area contributed by atoms with Crippen LogP contribution in [0.1, 0.15) is 29.8 Å². The van der Waals surface area contributed by atoms with Gasteiger partial charge in [-0.3, -0.25) is 0 Å². The number of hydrogen-bond donors (Lipinski definition) is 2. The molecule has 8 heteroatoms. The van der Waals surface area contributed by atoms with Crippen LogP contribution in [0.3, 0.4) is 0 Å².